The smallest absolute Gasteiger partial charge is 0.315 e. The lowest BCUT2D eigenvalue weighted by atomic mass is 9.80. The molecule has 3 fully saturated rings. The second kappa shape index (κ2) is 13.0. The van der Waals surface area contributed by atoms with Crippen molar-refractivity contribution in [1.82, 2.24) is 20.9 Å². The summed E-state index contributed by atoms with van der Waals surface area (Å²) >= 11 is 0. The zero-order valence-electron chi connectivity index (χ0n) is 28.1. The van der Waals surface area contributed by atoms with Crippen LogP contribution in [-0.4, -0.2) is 78.9 Å². The third-order valence-electron chi connectivity index (χ3n) is 11.2. The molecule has 11 heteroatoms. The molecule has 1 heterocycles. The molecular formula is C35H51N5O6. The summed E-state index contributed by atoms with van der Waals surface area (Å²) in [7, 11) is 1.58. The van der Waals surface area contributed by atoms with E-state index in [1.165, 1.54) is 0 Å². The Hall–Kier alpha value is -3.47. The maximum absolute atomic E-state index is 14.6. The van der Waals surface area contributed by atoms with Crippen LogP contribution in [0.5, 0.6) is 0 Å². The van der Waals surface area contributed by atoms with Crippen molar-refractivity contribution in [3.05, 3.63) is 35.4 Å². The number of ketones is 1. The molecule has 3 aliphatic carbocycles. The molecular weight excluding hydrogens is 586 g/mol. The van der Waals surface area contributed by atoms with Gasteiger partial charge >= 0.3 is 6.03 Å². The number of amides is 5. The number of rotatable bonds is 12. The normalized spacial score (nSPS) is 25.3. The fourth-order valence-corrected chi connectivity index (χ4v) is 7.94. The second-order valence-electron chi connectivity index (χ2n) is 15.6. The van der Waals surface area contributed by atoms with Crippen LogP contribution in [0.2, 0.25) is 0 Å². The number of Topliss-reactive ketones (excluding diaryl/α,β-unsaturated/α-hetero) is 1. The Kier molecular flexibility index (Phi) is 9.55. The molecule has 11 nitrogen and oxygen atoms in total. The first-order valence-electron chi connectivity index (χ1n) is 16.7. The van der Waals surface area contributed by atoms with Crippen LogP contribution >= 0.6 is 0 Å². The molecule has 5 N–H and O–H groups in total. The van der Waals surface area contributed by atoms with E-state index in [-0.39, 0.29) is 46.5 Å². The second-order valence-corrected chi connectivity index (χ2v) is 15.6. The summed E-state index contributed by atoms with van der Waals surface area (Å²) in [5, 5.41) is 8.87. The van der Waals surface area contributed by atoms with E-state index in [4.69, 9.17) is 10.5 Å². The van der Waals surface area contributed by atoms with Gasteiger partial charge < -0.3 is 31.3 Å². The van der Waals surface area contributed by atoms with E-state index >= 15 is 0 Å². The van der Waals surface area contributed by atoms with E-state index in [9.17, 15) is 24.0 Å². The average molecular weight is 638 g/mol. The number of primary amides is 1. The van der Waals surface area contributed by atoms with Crippen molar-refractivity contribution < 1.29 is 28.7 Å². The molecule has 1 saturated heterocycles. The summed E-state index contributed by atoms with van der Waals surface area (Å²) < 4.78 is 5.37. The number of ether oxygens (including phenoxy) is 1. The lowest BCUT2D eigenvalue weighted by molar-refractivity contribution is -0.144. The van der Waals surface area contributed by atoms with Crippen LogP contribution in [0, 0.1) is 34.5 Å². The first kappa shape index (κ1) is 33.9. The molecule has 1 aromatic carbocycles. The number of nitrogens with one attached hydrogen (secondary N) is 3. The Bertz CT molecular complexity index is 1340. The predicted octanol–water partition coefficient (Wildman–Crippen LogP) is 2.34. The number of urea groups is 1. The van der Waals surface area contributed by atoms with Gasteiger partial charge in [-0.1, -0.05) is 78.1 Å². The third-order valence-corrected chi connectivity index (χ3v) is 11.2. The Morgan fingerprint density at radius 3 is 2.17 bits per heavy atom. The quantitative estimate of drug-likeness (QED) is 0.258. The molecule has 6 atom stereocenters. The zero-order chi connectivity index (χ0) is 33.6. The van der Waals surface area contributed by atoms with E-state index in [2.05, 4.69) is 29.8 Å². The molecule has 46 heavy (non-hydrogen) atoms. The van der Waals surface area contributed by atoms with Crippen molar-refractivity contribution in [3.63, 3.8) is 0 Å². The molecule has 5 amide bonds. The highest BCUT2D eigenvalue weighted by atomic mass is 16.5. The van der Waals surface area contributed by atoms with E-state index in [1.807, 2.05) is 45.0 Å². The van der Waals surface area contributed by atoms with Crippen LogP contribution in [0.15, 0.2) is 24.3 Å². The Morgan fingerprint density at radius 2 is 1.65 bits per heavy atom. The first-order valence-corrected chi connectivity index (χ1v) is 16.7. The van der Waals surface area contributed by atoms with Gasteiger partial charge in [-0.05, 0) is 64.9 Å². The highest BCUT2D eigenvalue weighted by molar-refractivity contribution is 6.37. The molecule has 0 spiro atoms. The van der Waals surface area contributed by atoms with Crippen LogP contribution in [0.4, 0.5) is 4.79 Å². The van der Waals surface area contributed by atoms with Crippen molar-refractivity contribution in [2.75, 3.05) is 20.3 Å². The standard InChI is InChI=1S/C35H51N5O6/c1-34(2,3)25(18-46-6)38-33(45)39-27(22-15-20-12-7-8-13-21(20)16-22)32(44)40-17-23-26(35(23,4)5)28(40)31(43)37-24(29(41)30(36)42)14-19-10-9-11-19/h7-8,12-13,19,22-28H,9-11,14-18H2,1-6H3,(H2,36,42)(H,37,43)(H2,38,39,45)/t23?,24?,25-,26?,27+,28+/m1/s1. The van der Waals surface area contributed by atoms with Gasteiger partial charge in [0.25, 0.3) is 5.91 Å². The topological polar surface area (TPSA) is 160 Å². The monoisotopic (exact) mass is 637 g/mol. The summed E-state index contributed by atoms with van der Waals surface area (Å²) in [5.41, 5.74) is 7.19. The number of hydrogen-bond acceptors (Lipinski definition) is 6. The van der Waals surface area contributed by atoms with Gasteiger partial charge in [0.2, 0.25) is 17.6 Å². The summed E-state index contributed by atoms with van der Waals surface area (Å²) in [6.07, 6.45) is 4.51. The average Bonchev–Trinajstić information content (AvgIpc) is 3.33. The number of benzene rings is 1. The number of piperidine rings is 1. The minimum Gasteiger partial charge on any atom is -0.383 e. The van der Waals surface area contributed by atoms with Crippen LogP contribution in [0.25, 0.3) is 0 Å². The maximum atomic E-state index is 14.6. The largest absolute Gasteiger partial charge is 0.383 e. The van der Waals surface area contributed by atoms with Gasteiger partial charge in [0, 0.05) is 13.7 Å². The number of nitrogens with two attached hydrogens (primary N) is 1. The first-order chi connectivity index (χ1) is 21.6. The molecule has 252 valence electrons. The van der Waals surface area contributed by atoms with Gasteiger partial charge in [0.15, 0.2) is 0 Å². The van der Waals surface area contributed by atoms with Crippen molar-refractivity contribution in [2.24, 2.45) is 40.2 Å². The number of methoxy groups -OCH3 is 1. The number of fused-ring (bicyclic) bond motifs is 2. The van der Waals surface area contributed by atoms with Crippen molar-refractivity contribution in [3.8, 4) is 0 Å². The molecule has 3 unspecified atom stereocenters. The Morgan fingerprint density at radius 1 is 1.02 bits per heavy atom. The molecule has 1 aliphatic heterocycles. The van der Waals surface area contributed by atoms with E-state index < -0.39 is 41.8 Å². The predicted molar refractivity (Wildman–Crippen MR) is 172 cm³/mol. The Labute approximate surface area is 272 Å². The van der Waals surface area contributed by atoms with Crippen molar-refractivity contribution in [1.29, 1.82) is 0 Å². The van der Waals surface area contributed by atoms with Crippen LogP contribution in [0.3, 0.4) is 0 Å². The van der Waals surface area contributed by atoms with Crippen LogP contribution in [0.1, 0.15) is 71.4 Å². The van der Waals surface area contributed by atoms with Gasteiger partial charge in [-0.15, -0.1) is 0 Å². The Balaban J connectivity index is 1.39. The van der Waals surface area contributed by atoms with Gasteiger partial charge in [-0.25, -0.2) is 4.79 Å². The third kappa shape index (κ3) is 6.80. The lowest BCUT2D eigenvalue weighted by Crippen LogP contribution is -2.61. The molecule has 1 aromatic rings. The van der Waals surface area contributed by atoms with Gasteiger partial charge in [-0.3, -0.25) is 19.2 Å². The minimum absolute atomic E-state index is 0.103. The van der Waals surface area contributed by atoms with E-state index in [1.54, 1.807) is 12.0 Å². The number of nitrogens with zero attached hydrogens (tertiary/aromatic N) is 1. The highest BCUT2D eigenvalue weighted by Gasteiger charge is 2.70. The molecule has 0 aromatic heterocycles. The zero-order valence-corrected chi connectivity index (χ0v) is 28.1. The lowest BCUT2D eigenvalue weighted by Gasteiger charge is -2.36. The van der Waals surface area contributed by atoms with Gasteiger partial charge in [-0.2, -0.15) is 0 Å². The number of carbonyl (C=O) groups excluding carboxylic acids is 5. The molecule has 0 bridgehead atoms. The van der Waals surface area contributed by atoms with E-state index in [0.717, 1.165) is 30.4 Å². The number of hydrogen-bond donors (Lipinski definition) is 4. The van der Waals surface area contributed by atoms with Gasteiger partial charge in [0.05, 0.1) is 18.7 Å². The summed E-state index contributed by atoms with van der Waals surface area (Å²) in [6, 6.07) is 4.54. The fourth-order valence-electron chi connectivity index (χ4n) is 7.94. The fraction of sp³-hybridized carbons (Fsp3) is 0.686. The van der Waals surface area contributed by atoms with E-state index in [0.29, 0.717) is 32.4 Å². The number of carbonyl (C=O) groups is 5. The van der Waals surface area contributed by atoms with Crippen molar-refractivity contribution in [2.45, 2.75) is 97.3 Å². The molecule has 5 rings (SSSR count). The SMILES string of the molecule is COC[C@@H](NC(=O)N[C@H](C(=O)N1CC2C([C@H]1C(=O)NC(CC1CCC1)C(=O)C(N)=O)C2(C)C)C1Cc2ccccc2C1)C(C)(C)C. The number of likely N-dealkylation sites (tertiary alicyclic amines) is 1. The highest BCUT2D eigenvalue weighted by Crippen LogP contribution is 2.65. The van der Waals surface area contributed by atoms with Crippen LogP contribution in [-0.2, 0) is 36.8 Å². The molecule has 0 radical (unpaired) electrons. The van der Waals surface area contributed by atoms with Gasteiger partial charge in [0.1, 0.15) is 12.1 Å². The summed E-state index contributed by atoms with van der Waals surface area (Å²) in [4.78, 5) is 68.5. The molecule has 2 saturated carbocycles. The van der Waals surface area contributed by atoms with Crippen molar-refractivity contribution >= 4 is 29.5 Å². The summed E-state index contributed by atoms with van der Waals surface area (Å²) in [6.45, 7) is 10.9. The van der Waals surface area contributed by atoms with Crippen LogP contribution < -0.4 is 21.7 Å². The summed E-state index contributed by atoms with van der Waals surface area (Å²) in [5.74, 6) is -2.62. The minimum atomic E-state index is -1.08. The maximum Gasteiger partial charge on any atom is 0.315 e. The molecule has 4 aliphatic rings.